The van der Waals surface area contributed by atoms with Gasteiger partial charge in [-0.15, -0.1) is 0 Å². The highest BCUT2D eigenvalue weighted by Gasteiger charge is 2.38. The topological polar surface area (TPSA) is 15.3 Å². The lowest BCUT2D eigenvalue weighted by Gasteiger charge is -2.48. The lowest BCUT2D eigenvalue weighted by molar-refractivity contribution is 0.0576. The van der Waals surface area contributed by atoms with Crippen molar-refractivity contribution in [3.8, 4) is 0 Å². The van der Waals surface area contributed by atoms with Crippen LogP contribution in [-0.2, 0) is 0 Å². The number of halogens is 2. The van der Waals surface area contributed by atoms with Crippen molar-refractivity contribution in [1.82, 2.24) is 10.2 Å². The molecule has 0 aromatic heterocycles. The molecule has 1 atom stereocenters. The average Bonchev–Trinajstić information content (AvgIpc) is 2.30. The highest BCUT2D eigenvalue weighted by Crippen LogP contribution is 2.36. The van der Waals surface area contributed by atoms with E-state index in [4.69, 9.17) is 11.6 Å². The zero-order chi connectivity index (χ0) is 14.0. The Kier molecular flexibility index (Phi) is 4.49. The maximum absolute atomic E-state index is 13.1. The zero-order valence-corrected chi connectivity index (χ0v) is 12.6. The Morgan fingerprint density at radius 3 is 2.58 bits per heavy atom. The number of benzene rings is 1. The molecule has 1 saturated carbocycles. The molecule has 2 rings (SSSR count). The number of hydrogen-bond donors (Lipinski definition) is 1. The first-order chi connectivity index (χ1) is 8.94. The molecule has 1 N–H and O–H groups in total. The molecular formula is C15H22ClFN2. The SMILES string of the molecule is CC(NCC1(N(C)C)CCC1)c1ccc(F)c(Cl)c1. The van der Waals surface area contributed by atoms with Gasteiger partial charge in [0.25, 0.3) is 0 Å². The van der Waals surface area contributed by atoms with Crippen LogP contribution < -0.4 is 5.32 Å². The average molecular weight is 285 g/mol. The van der Waals surface area contributed by atoms with Crippen LogP contribution in [-0.4, -0.2) is 31.1 Å². The molecule has 106 valence electrons. The van der Waals surface area contributed by atoms with Gasteiger partial charge in [-0.05, 0) is 58.0 Å². The van der Waals surface area contributed by atoms with Gasteiger partial charge in [-0.3, -0.25) is 0 Å². The summed E-state index contributed by atoms with van der Waals surface area (Å²) in [5.74, 6) is -0.360. The monoisotopic (exact) mass is 284 g/mol. The first-order valence-corrected chi connectivity index (χ1v) is 7.18. The van der Waals surface area contributed by atoms with Crippen molar-refractivity contribution < 1.29 is 4.39 Å². The van der Waals surface area contributed by atoms with Crippen LogP contribution in [0.4, 0.5) is 4.39 Å². The van der Waals surface area contributed by atoms with Crippen LogP contribution in [0, 0.1) is 5.82 Å². The molecular weight excluding hydrogens is 263 g/mol. The van der Waals surface area contributed by atoms with Gasteiger partial charge < -0.3 is 10.2 Å². The fraction of sp³-hybridized carbons (Fsp3) is 0.600. The van der Waals surface area contributed by atoms with E-state index < -0.39 is 0 Å². The lowest BCUT2D eigenvalue weighted by atomic mass is 9.75. The summed E-state index contributed by atoms with van der Waals surface area (Å²) in [4.78, 5) is 2.31. The van der Waals surface area contributed by atoms with Crippen LogP contribution in [0.15, 0.2) is 18.2 Å². The lowest BCUT2D eigenvalue weighted by Crippen LogP contribution is -2.56. The quantitative estimate of drug-likeness (QED) is 0.888. The molecule has 0 radical (unpaired) electrons. The van der Waals surface area contributed by atoms with Gasteiger partial charge in [-0.2, -0.15) is 0 Å². The highest BCUT2D eigenvalue weighted by atomic mass is 35.5. The van der Waals surface area contributed by atoms with Crippen LogP contribution in [0.3, 0.4) is 0 Å². The van der Waals surface area contributed by atoms with Crippen molar-refractivity contribution in [2.75, 3.05) is 20.6 Å². The van der Waals surface area contributed by atoms with Gasteiger partial charge >= 0.3 is 0 Å². The summed E-state index contributed by atoms with van der Waals surface area (Å²) in [6.45, 7) is 3.04. The van der Waals surface area contributed by atoms with Gasteiger partial charge in [0.15, 0.2) is 0 Å². The summed E-state index contributed by atoms with van der Waals surface area (Å²) in [5, 5.41) is 3.74. The van der Waals surface area contributed by atoms with Crippen molar-refractivity contribution in [3.05, 3.63) is 34.6 Å². The predicted octanol–water partition coefficient (Wildman–Crippen LogP) is 3.61. The predicted molar refractivity (Wildman–Crippen MR) is 78.1 cm³/mol. The molecule has 1 fully saturated rings. The van der Waals surface area contributed by atoms with E-state index in [0.717, 1.165) is 12.1 Å². The molecule has 1 aliphatic rings. The minimum atomic E-state index is -0.360. The molecule has 0 heterocycles. The largest absolute Gasteiger partial charge is 0.308 e. The maximum atomic E-state index is 13.1. The Morgan fingerprint density at radius 1 is 1.42 bits per heavy atom. The fourth-order valence-electron chi connectivity index (χ4n) is 2.61. The zero-order valence-electron chi connectivity index (χ0n) is 11.8. The van der Waals surface area contributed by atoms with Gasteiger partial charge in [0.2, 0.25) is 0 Å². The van der Waals surface area contributed by atoms with Crippen LogP contribution in [0.1, 0.15) is 37.8 Å². The molecule has 4 heteroatoms. The van der Waals surface area contributed by atoms with Crippen molar-refractivity contribution in [1.29, 1.82) is 0 Å². The van der Waals surface area contributed by atoms with E-state index in [-0.39, 0.29) is 22.4 Å². The van der Waals surface area contributed by atoms with Gasteiger partial charge in [0.05, 0.1) is 5.02 Å². The summed E-state index contributed by atoms with van der Waals surface area (Å²) < 4.78 is 13.1. The van der Waals surface area contributed by atoms with Gasteiger partial charge in [-0.25, -0.2) is 4.39 Å². The van der Waals surface area contributed by atoms with Crippen LogP contribution in [0.25, 0.3) is 0 Å². The van der Waals surface area contributed by atoms with Gasteiger partial charge in [-0.1, -0.05) is 17.7 Å². The summed E-state index contributed by atoms with van der Waals surface area (Å²) in [7, 11) is 4.28. The smallest absolute Gasteiger partial charge is 0.141 e. The Bertz CT molecular complexity index is 444. The number of hydrogen-bond acceptors (Lipinski definition) is 2. The summed E-state index contributed by atoms with van der Waals surface area (Å²) in [6.07, 6.45) is 3.78. The normalized spacial score (nSPS) is 19.3. The third-order valence-corrected chi connectivity index (χ3v) is 4.70. The van der Waals surface area contributed by atoms with Crippen LogP contribution >= 0.6 is 11.6 Å². The minimum absolute atomic E-state index is 0.176. The molecule has 2 nitrogen and oxygen atoms in total. The third-order valence-electron chi connectivity index (χ3n) is 4.41. The standard InChI is InChI=1S/C15H22ClFN2/c1-11(12-5-6-14(17)13(16)9-12)18-10-15(19(2)3)7-4-8-15/h5-6,9,11,18H,4,7-8,10H2,1-3H3. The van der Waals surface area contributed by atoms with E-state index in [1.54, 1.807) is 12.1 Å². The second-order valence-electron chi connectivity index (χ2n) is 5.75. The van der Waals surface area contributed by atoms with E-state index in [9.17, 15) is 4.39 Å². The molecule has 0 amide bonds. The van der Waals surface area contributed by atoms with E-state index in [2.05, 4.69) is 31.2 Å². The summed E-state index contributed by atoms with van der Waals surface area (Å²) in [6, 6.07) is 5.11. The summed E-state index contributed by atoms with van der Waals surface area (Å²) in [5.41, 5.74) is 1.32. The van der Waals surface area contributed by atoms with Crippen LogP contribution in [0.2, 0.25) is 5.02 Å². The molecule has 0 spiro atoms. The van der Waals surface area contributed by atoms with Crippen molar-refractivity contribution in [3.63, 3.8) is 0 Å². The summed E-state index contributed by atoms with van der Waals surface area (Å²) >= 11 is 5.83. The third kappa shape index (κ3) is 3.10. The molecule has 0 saturated heterocycles. The fourth-order valence-corrected chi connectivity index (χ4v) is 2.80. The number of nitrogens with zero attached hydrogens (tertiary/aromatic N) is 1. The van der Waals surface area contributed by atoms with Gasteiger partial charge in [0.1, 0.15) is 5.82 Å². The van der Waals surface area contributed by atoms with E-state index in [0.29, 0.717) is 0 Å². The molecule has 0 bridgehead atoms. The second kappa shape index (κ2) is 5.78. The highest BCUT2D eigenvalue weighted by molar-refractivity contribution is 6.30. The Balaban J connectivity index is 1.97. The van der Waals surface area contributed by atoms with Crippen molar-refractivity contribution in [2.24, 2.45) is 0 Å². The second-order valence-corrected chi connectivity index (χ2v) is 6.16. The number of nitrogens with one attached hydrogen (secondary N) is 1. The molecule has 19 heavy (non-hydrogen) atoms. The molecule has 1 unspecified atom stereocenters. The minimum Gasteiger partial charge on any atom is -0.308 e. The Hall–Kier alpha value is -0.640. The first-order valence-electron chi connectivity index (χ1n) is 6.80. The van der Waals surface area contributed by atoms with E-state index in [1.165, 1.54) is 25.3 Å². The maximum Gasteiger partial charge on any atom is 0.141 e. The van der Waals surface area contributed by atoms with Crippen molar-refractivity contribution >= 4 is 11.6 Å². The first kappa shape index (κ1) is 14.8. The number of likely N-dealkylation sites (N-methyl/N-ethyl adjacent to an activating group) is 1. The van der Waals surface area contributed by atoms with Crippen LogP contribution in [0.5, 0.6) is 0 Å². The Morgan fingerprint density at radius 2 is 2.11 bits per heavy atom. The Labute approximate surface area is 119 Å². The van der Waals surface area contributed by atoms with E-state index >= 15 is 0 Å². The molecule has 1 aliphatic carbocycles. The van der Waals surface area contributed by atoms with Gasteiger partial charge in [0, 0.05) is 18.1 Å². The molecule has 1 aromatic rings. The van der Waals surface area contributed by atoms with E-state index in [1.807, 2.05) is 0 Å². The molecule has 0 aliphatic heterocycles. The van der Waals surface area contributed by atoms with Crippen molar-refractivity contribution in [2.45, 2.75) is 37.8 Å². The molecule has 1 aromatic carbocycles. The number of rotatable bonds is 5.